The summed E-state index contributed by atoms with van der Waals surface area (Å²) in [6, 6.07) is 11.5. The molecule has 0 spiro atoms. The Morgan fingerprint density at radius 3 is 2.44 bits per heavy atom. The summed E-state index contributed by atoms with van der Waals surface area (Å²) in [5.41, 5.74) is 0.0386. The molecule has 4 rings (SSSR count). The summed E-state index contributed by atoms with van der Waals surface area (Å²) >= 11 is 1.32. The predicted molar refractivity (Wildman–Crippen MR) is 183 cm³/mol. The summed E-state index contributed by atoms with van der Waals surface area (Å²) in [6.45, 7) is 5.66. The molecular weight excluding hydrogens is 675 g/mol. The molecule has 1 aliphatic heterocycles. The molecule has 2 aromatic carbocycles. The Bertz CT molecular complexity index is 1650. The molecule has 15 heteroatoms. The van der Waals surface area contributed by atoms with E-state index in [4.69, 9.17) is 4.74 Å². The number of ether oxygens (including phenoxy) is 1. The number of aliphatic hydroxyl groups excluding tert-OH is 1. The van der Waals surface area contributed by atoms with Crippen LogP contribution in [0.25, 0.3) is 10.8 Å². The molecule has 4 amide bonds. The summed E-state index contributed by atoms with van der Waals surface area (Å²) in [7, 11) is 0. The second-order valence-corrected chi connectivity index (χ2v) is 14.3. The van der Waals surface area contributed by atoms with Crippen LogP contribution in [0.5, 0.6) is 5.75 Å². The number of fused-ring (bicyclic) bond motifs is 1. The van der Waals surface area contributed by atoms with Gasteiger partial charge in [0.15, 0.2) is 12.7 Å². The van der Waals surface area contributed by atoms with Crippen molar-refractivity contribution < 1.29 is 42.2 Å². The van der Waals surface area contributed by atoms with Gasteiger partial charge in [-0.3, -0.25) is 24.2 Å². The number of hydrogen-bond donors (Lipinski definition) is 4. The second kappa shape index (κ2) is 16.6. The fraction of sp³-hybridized carbons (Fsp3) is 0.457. The van der Waals surface area contributed by atoms with Crippen molar-refractivity contribution in [2.75, 3.05) is 18.2 Å². The minimum Gasteiger partial charge on any atom is -0.483 e. The van der Waals surface area contributed by atoms with Crippen LogP contribution in [-0.4, -0.2) is 92.8 Å². The Morgan fingerprint density at radius 2 is 1.76 bits per heavy atom. The molecule has 1 unspecified atom stereocenters. The fourth-order valence-corrected chi connectivity index (χ4v) is 6.55. The Kier molecular flexibility index (Phi) is 12.7. The largest absolute Gasteiger partial charge is 0.483 e. The van der Waals surface area contributed by atoms with E-state index in [2.05, 4.69) is 20.9 Å². The van der Waals surface area contributed by atoms with Crippen LogP contribution in [0.3, 0.4) is 0 Å². The fourth-order valence-electron chi connectivity index (χ4n) is 5.38. The van der Waals surface area contributed by atoms with Gasteiger partial charge in [-0.2, -0.15) is 13.2 Å². The third kappa shape index (κ3) is 10.6. The maximum Gasteiger partial charge on any atom is 0.391 e. The molecule has 270 valence electrons. The van der Waals surface area contributed by atoms with E-state index in [1.165, 1.54) is 16.7 Å². The lowest BCUT2D eigenvalue weighted by Crippen LogP contribution is -2.59. The van der Waals surface area contributed by atoms with Gasteiger partial charge in [0.2, 0.25) is 11.8 Å². The summed E-state index contributed by atoms with van der Waals surface area (Å²) in [5.74, 6) is -4.38. The van der Waals surface area contributed by atoms with E-state index in [-0.39, 0.29) is 18.1 Å². The molecule has 5 atom stereocenters. The highest BCUT2D eigenvalue weighted by atomic mass is 32.2. The summed E-state index contributed by atoms with van der Waals surface area (Å²) < 4.78 is 46.7. The van der Waals surface area contributed by atoms with Gasteiger partial charge in [-0.05, 0) is 51.3 Å². The number of aromatic nitrogens is 1. The normalized spacial score (nSPS) is 17.4. The number of nitrogens with one attached hydrogen (secondary N) is 3. The number of carbonyl (C=O) groups excluding carboxylic acids is 4. The molecule has 2 heterocycles. The van der Waals surface area contributed by atoms with Crippen LogP contribution >= 0.6 is 11.8 Å². The number of pyridine rings is 1. The molecule has 0 bridgehead atoms. The van der Waals surface area contributed by atoms with E-state index in [1.54, 1.807) is 87.8 Å². The van der Waals surface area contributed by atoms with Gasteiger partial charge >= 0.3 is 6.18 Å². The van der Waals surface area contributed by atoms with Crippen molar-refractivity contribution in [3.05, 3.63) is 72.6 Å². The topological polar surface area (TPSA) is 150 Å². The first-order valence-electron chi connectivity index (χ1n) is 16.1. The molecule has 4 N–H and O–H groups in total. The lowest BCUT2D eigenvalue weighted by molar-refractivity contribution is -0.173. The zero-order valence-electron chi connectivity index (χ0n) is 28.2. The molecule has 0 radical (unpaired) electrons. The van der Waals surface area contributed by atoms with Crippen molar-refractivity contribution in [3.8, 4) is 5.75 Å². The van der Waals surface area contributed by atoms with Gasteiger partial charge in [-0.1, -0.05) is 49.4 Å². The Balaban J connectivity index is 1.54. The number of nitrogens with zero attached hydrogens (tertiary/aromatic N) is 2. The number of halogens is 3. The van der Waals surface area contributed by atoms with Gasteiger partial charge in [0, 0.05) is 34.5 Å². The van der Waals surface area contributed by atoms with Crippen molar-refractivity contribution in [1.82, 2.24) is 25.8 Å². The van der Waals surface area contributed by atoms with Gasteiger partial charge < -0.3 is 30.7 Å². The monoisotopic (exact) mass is 717 g/mol. The van der Waals surface area contributed by atoms with E-state index in [0.717, 1.165) is 12.3 Å². The van der Waals surface area contributed by atoms with E-state index in [9.17, 15) is 37.5 Å². The second-order valence-electron chi connectivity index (χ2n) is 13.3. The van der Waals surface area contributed by atoms with Gasteiger partial charge in [0.1, 0.15) is 17.8 Å². The first-order chi connectivity index (χ1) is 23.5. The first kappa shape index (κ1) is 38.4. The predicted octanol–water partition coefficient (Wildman–Crippen LogP) is 3.59. The van der Waals surface area contributed by atoms with Gasteiger partial charge in [-0.15, -0.1) is 11.8 Å². The van der Waals surface area contributed by atoms with E-state index in [0.29, 0.717) is 16.7 Å². The number of benzene rings is 2. The Morgan fingerprint density at radius 1 is 1.04 bits per heavy atom. The van der Waals surface area contributed by atoms with Crippen molar-refractivity contribution in [2.24, 2.45) is 5.92 Å². The minimum absolute atomic E-state index is 0.0755. The molecule has 0 aliphatic carbocycles. The first-order valence-corrected chi connectivity index (χ1v) is 17.2. The molecule has 1 fully saturated rings. The van der Waals surface area contributed by atoms with Gasteiger partial charge in [0.25, 0.3) is 11.8 Å². The molecule has 50 heavy (non-hydrogen) atoms. The minimum atomic E-state index is -4.67. The average Bonchev–Trinajstić information content (AvgIpc) is 3.56. The number of hydrogen-bond acceptors (Lipinski definition) is 8. The average molecular weight is 718 g/mol. The number of rotatable bonds is 13. The quantitative estimate of drug-likeness (QED) is 0.210. The number of carbonyl (C=O) groups is 4. The number of amides is 4. The zero-order chi connectivity index (χ0) is 36.6. The highest BCUT2D eigenvalue weighted by Gasteiger charge is 2.43. The third-order valence-electron chi connectivity index (χ3n) is 8.03. The molecule has 3 aromatic rings. The summed E-state index contributed by atoms with van der Waals surface area (Å²) in [5, 5.41) is 20.5. The zero-order valence-corrected chi connectivity index (χ0v) is 29.0. The van der Waals surface area contributed by atoms with Gasteiger partial charge in [-0.25, -0.2) is 0 Å². The van der Waals surface area contributed by atoms with Crippen molar-refractivity contribution in [2.45, 2.75) is 76.5 Å². The van der Waals surface area contributed by atoms with Crippen LogP contribution in [0.4, 0.5) is 13.2 Å². The SMILES string of the molecule is CC(C[C@H](NC(=O)COc1cccc2cnccc12)C(=O)N[C@@H](Cc1ccccc1)[C@H](O)C(=O)N1CSC[C@H]1C(=O)NC(C)(C)C)C(F)(F)F. The number of alkyl halides is 3. The molecule has 1 aliphatic rings. The van der Waals surface area contributed by atoms with Crippen LogP contribution < -0.4 is 20.7 Å². The number of aliphatic hydroxyl groups is 1. The highest BCUT2D eigenvalue weighted by Crippen LogP contribution is 2.30. The molecule has 1 saturated heterocycles. The van der Waals surface area contributed by atoms with E-state index in [1.807, 2.05) is 0 Å². The summed E-state index contributed by atoms with van der Waals surface area (Å²) in [4.78, 5) is 58.7. The van der Waals surface area contributed by atoms with Crippen LogP contribution in [-0.2, 0) is 25.6 Å². The van der Waals surface area contributed by atoms with E-state index < -0.39 is 78.5 Å². The lowest BCUT2D eigenvalue weighted by atomic mass is 9.97. The highest BCUT2D eigenvalue weighted by molar-refractivity contribution is 7.99. The summed E-state index contributed by atoms with van der Waals surface area (Å²) in [6.07, 6.45) is -4.29. The molecule has 11 nitrogen and oxygen atoms in total. The van der Waals surface area contributed by atoms with Crippen molar-refractivity contribution in [1.29, 1.82) is 0 Å². The Hall–Kier alpha value is -4.37. The van der Waals surface area contributed by atoms with Crippen LogP contribution in [0.2, 0.25) is 0 Å². The van der Waals surface area contributed by atoms with Crippen LogP contribution in [0.15, 0.2) is 67.0 Å². The lowest BCUT2D eigenvalue weighted by Gasteiger charge is -2.32. The maximum atomic E-state index is 13.7. The molecule has 1 aromatic heterocycles. The number of thioether (sulfide) groups is 1. The van der Waals surface area contributed by atoms with Crippen molar-refractivity contribution in [3.63, 3.8) is 0 Å². The van der Waals surface area contributed by atoms with Gasteiger partial charge in [0.05, 0.1) is 17.8 Å². The Labute approximate surface area is 292 Å². The smallest absolute Gasteiger partial charge is 0.391 e. The van der Waals surface area contributed by atoms with Crippen molar-refractivity contribution >= 4 is 46.2 Å². The maximum absolute atomic E-state index is 13.7. The van der Waals surface area contributed by atoms with Crippen LogP contribution in [0, 0.1) is 5.92 Å². The third-order valence-corrected chi connectivity index (χ3v) is 9.04. The standard InChI is InChI=1S/C35H42F3N5O6S/c1-21(35(36,37)38)15-26(40-29(44)18-49-28-12-8-11-23-17-39-14-13-24(23)28)31(46)41-25(16-22-9-6-5-7-10-22)30(45)33(48)43-20-50-19-27(43)32(47)42-34(2,3)4/h5-14,17,21,25-27,30,45H,15-16,18-20H2,1-4H3,(H,40,44)(H,41,46)(H,42,47)/t21?,25-,26-,27-,30-/m0/s1. The van der Waals surface area contributed by atoms with E-state index >= 15 is 0 Å². The molecular formula is C35H42F3N5O6S. The molecule has 0 saturated carbocycles. The van der Waals surface area contributed by atoms with Crippen LogP contribution in [0.1, 0.15) is 39.7 Å².